The van der Waals surface area contributed by atoms with Crippen LogP contribution in [0.2, 0.25) is 5.02 Å². The van der Waals surface area contributed by atoms with Gasteiger partial charge in [0.15, 0.2) is 5.65 Å². The minimum atomic E-state index is -0.237. The highest BCUT2D eigenvalue weighted by Crippen LogP contribution is 2.28. The van der Waals surface area contributed by atoms with Gasteiger partial charge >= 0.3 is 0 Å². The van der Waals surface area contributed by atoms with Gasteiger partial charge in [-0.2, -0.15) is 5.10 Å². The van der Waals surface area contributed by atoms with E-state index in [1.165, 1.54) is 6.33 Å². The molecule has 2 aromatic heterocycles. The van der Waals surface area contributed by atoms with Crippen LogP contribution in [0.15, 0.2) is 35.4 Å². The predicted molar refractivity (Wildman–Crippen MR) is 65.0 cm³/mol. The average molecular weight is 247 g/mol. The fraction of sp³-hybridized carbons (Fsp3) is 0. The third-order valence-electron chi connectivity index (χ3n) is 2.50. The number of aromatic nitrogens is 4. The van der Waals surface area contributed by atoms with Crippen molar-refractivity contribution in [2.24, 2.45) is 0 Å². The lowest BCUT2D eigenvalue weighted by Gasteiger charge is -2.00. The maximum Gasteiger partial charge on any atom is 0.262 e. The molecule has 0 aliphatic rings. The Hall–Kier alpha value is -2.14. The van der Waals surface area contributed by atoms with Gasteiger partial charge in [0, 0.05) is 10.6 Å². The first-order chi connectivity index (χ1) is 8.27. The summed E-state index contributed by atoms with van der Waals surface area (Å²) in [5.74, 6) is 0. The van der Waals surface area contributed by atoms with Crippen LogP contribution in [0.3, 0.4) is 0 Å². The molecule has 0 spiro atoms. The van der Waals surface area contributed by atoms with Gasteiger partial charge in [-0.15, -0.1) is 0 Å². The summed E-state index contributed by atoms with van der Waals surface area (Å²) < 4.78 is 0. The minimum absolute atomic E-state index is 0.237. The number of nitrogens with zero attached hydrogens (tertiary/aromatic N) is 2. The third kappa shape index (κ3) is 1.52. The molecule has 1 aromatic carbocycles. The van der Waals surface area contributed by atoms with Gasteiger partial charge in [-0.1, -0.05) is 29.8 Å². The van der Waals surface area contributed by atoms with Crippen molar-refractivity contribution in [3.05, 3.63) is 46.0 Å². The molecule has 0 amide bonds. The average Bonchev–Trinajstić information content (AvgIpc) is 2.75. The van der Waals surface area contributed by atoms with Crippen LogP contribution in [0.1, 0.15) is 0 Å². The quantitative estimate of drug-likeness (QED) is 0.689. The van der Waals surface area contributed by atoms with Gasteiger partial charge in [0.25, 0.3) is 5.56 Å². The number of fused-ring (bicyclic) bond motifs is 1. The molecule has 0 saturated heterocycles. The second-order valence-corrected chi connectivity index (χ2v) is 3.92. The highest BCUT2D eigenvalue weighted by atomic mass is 35.5. The van der Waals surface area contributed by atoms with E-state index in [2.05, 4.69) is 20.2 Å². The Kier molecular flexibility index (Phi) is 2.19. The maximum absolute atomic E-state index is 11.7. The van der Waals surface area contributed by atoms with E-state index >= 15 is 0 Å². The zero-order valence-corrected chi connectivity index (χ0v) is 9.32. The molecule has 0 aliphatic carbocycles. The zero-order chi connectivity index (χ0) is 11.8. The first-order valence-electron chi connectivity index (χ1n) is 4.94. The summed E-state index contributed by atoms with van der Waals surface area (Å²) in [7, 11) is 0. The number of nitrogens with one attached hydrogen (secondary N) is 2. The van der Waals surface area contributed by atoms with Crippen LogP contribution < -0.4 is 5.56 Å². The SMILES string of the molecule is O=c1[nH]cnc2n[nH]c(-c3ccccc3Cl)c12. The third-order valence-corrected chi connectivity index (χ3v) is 2.83. The Morgan fingerprint density at radius 2 is 2.06 bits per heavy atom. The van der Waals surface area contributed by atoms with Gasteiger partial charge in [-0.25, -0.2) is 4.98 Å². The molecule has 0 unspecified atom stereocenters. The molecule has 0 atom stereocenters. The van der Waals surface area contributed by atoms with Gasteiger partial charge in [0.05, 0.1) is 12.0 Å². The van der Waals surface area contributed by atoms with Crippen molar-refractivity contribution in [1.29, 1.82) is 0 Å². The molecule has 2 N–H and O–H groups in total. The van der Waals surface area contributed by atoms with Crippen molar-refractivity contribution in [3.63, 3.8) is 0 Å². The molecule has 3 aromatic rings. The molecule has 0 aliphatic heterocycles. The van der Waals surface area contributed by atoms with Crippen LogP contribution in [0.25, 0.3) is 22.3 Å². The Bertz CT molecular complexity index is 746. The fourth-order valence-corrected chi connectivity index (χ4v) is 1.95. The molecule has 0 radical (unpaired) electrons. The Labute approximate surface area is 100 Å². The smallest absolute Gasteiger partial charge is 0.262 e. The molecule has 84 valence electrons. The first-order valence-corrected chi connectivity index (χ1v) is 5.32. The van der Waals surface area contributed by atoms with Crippen molar-refractivity contribution in [2.45, 2.75) is 0 Å². The van der Waals surface area contributed by atoms with Crippen molar-refractivity contribution in [3.8, 4) is 11.3 Å². The number of H-pyrrole nitrogens is 2. The molecule has 2 heterocycles. The number of aromatic amines is 2. The second kappa shape index (κ2) is 3.71. The number of hydrogen-bond acceptors (Lipinski definition) is 3. The number of halogens is 1. The summed E-state index contributed by atoms with van der Waals surface area (Å²) in [6, 6.07) is 7.25. The first kappa shape index (κ1) is 10.0. The molecule has 0 saturated carbocycles. The van der Waals surface area contributed by atoms with Gasteiger partial charge in [-0.05, 0) is 6.07 Å². The fourth-order valence-electron chi connectivity index (χ4n) is 1.72. The molecule has 17 heavy (non-hydrogen) atoms. The molecule has 0 bridgehead atoms. The molecule has 0 fully saturated rings. The van der Waals surface area contributed by atoms with E-state index in [0.717, 1.165) is 5.56 Å². The summed E-state index contributed by atoms with van der Waals surface area (Å²) in [4.78, 5) is 18.2. The lowest BCUT2D eigenvalue weighted by molar-refractivity contribution is 1.09. The van der Waals surface area contributed by atoms with Crippen molar-refractivity contribution in [1.82, 2.24) is 20.2 Å². The van der Waals surface area contributed by atoms with E-state index in [9.17, 15) is 4.79 Å². The molecule has 3 rings (SSSR count). The van der Waals surface area contributed by atoms with Gasteiger partial charge in [0.2, 0.25) is 0 Å². The van der Waals surface area contributed by atoms with E-state index in [1.54, 1.807) is 6.07 Å². The minimum Gasteiger partial charge on any atom is -0.312 e. The molecule has 6 heteroatoms. The second-order valence-electron chi connectivity index (χ2n) is 3.51. The van der Waals surface area contributed by atoms with Crippen LogP contribution in [0.5, 0.6) is 0 Å². The van der Waals surface area contributed by atoms with Gasteiger partial charge < -0.3 is 4.98 Å². The number of benzene rings is 1. The number of hydrogen-bond donors (Lipinski definition) is 2. The van der Waals surface area contributed by atoms with E-state index < -0.39 is 0 Å². The van der Waals surface area contributed by atoms with Crippen molar-refractivity contribution < 1.29 is 0 Å². The lowest BCUT2D eigenvalue weighted by Crippen LogP contribution is -2.05. The summed E-state index contributed by atoms with van der Waals surface area (Å²) in [5, 5.41) is 7.75. The van der Waals surface area contributed by atoms with Crippen LogP contribution in [-0.2, 0) is 0 Å². The number of rotatable bonds is 1. The van der Waals surface area contributed by atoms with E-state index in [1.807, 2.05) is 18.2 Å². The monoisotopic (exact) mass is 246 g/mol. The summed E-state index contributed by atoms with van der Waals surface area (Å²) in [5.41, 5.74) is 1.46. The van der Waals surface area contributed by atoms with Gasteiger partial charge in [0.1, 0.15) is 5.39 Å². The standard InChI is InChI=1S/C11H7ClN4O/c12-7-4-2-1-3-6(7)9-8-10(16-15-9)13-5-14-11(8)17/h1-5H,(H2,13,14,15,16,17). The Morgan fingerprint density at radius 3 is 2.88 bits per heavy atom. The molecular formula is C11H7ClN4O. The normalized spacial score (nSPS) is 10.9. The van der Waals surface area contributed by atoms with E-state index in [-0.39, 0.29) is 5.56 Å². The lowest BCUT2D eigenvalue weighted by atomic mass is 10.1. The van der Waals surface area contributed by atoms with Crippen LogP contribution in [0, 0.1) is 0 Å². The topological polar surface area (TPSA) is 74.4 Å². The van der Waals surface area contributed by atoms with Crippen molar-refractivity contribution >= 4 is 22.6 Å². The highest BCUT2D eigenvalue weighted by molar-refractivity contribution is 6.33. The zero-order valence-electron chi connectivity index (χ0n) is 8.57. The van der Waals surface area contributed by atoms with Gasteiger partial charge in [-0.3, -0.25) is 9.89 Å². The van der Waals surface area contributed by atoms with Crippen LogP contribution in [-0.4, -0.2) is 20.2 Å². The molecular weight excluding hydrogens is 240 g/mol. The van der Waals surface area contributed by atoms with E-state index in [4.69, 9.17) is 11.6 Å². The van der Waals surface area contributed by atoms with Crippen molar-refractivity contribution in [2.75, 3.05) is 0 Å². The highest BCUT2D eigenvalue weighted by Gasteiger charge is 2.13. The predicted octanol–water partition coefficient (Wildman–Crippen LogP) is 1.97. The maximum atomic E-state index is 11.7. The van der Waals surface area contributed by atoms with Crippen LogP contribution in [0.4, 0.5) is 0 Å². The Morgan fingerprint density at radius 1 is 1.24 bits per heavy atom. The Balaban J connectivity index is 2.40. The van der Waals surface area contributed by atoms with E-state index in [0.29, 0.717) is 21.7 Å². The summed E-state index contributed by atoms with van der Waals surface area (Å²) in [6.07, 6.45) is 1.32. The summed E-state index contributed by atoms with van der Waals surface area (Å²) in [6.45, 7) is 0. The van der Waals surface area contributed by atoms with Crippen LogP contribution >= 0.6 is 11.6 Å². The summed E-state index contributed by atoms with van der Waals surface area (Å²) >= 11 is 6.09. The largest absolute Gasteiger partial charge is 0.312 e. The molecule has 5 nitrogen and oxygen atoms in total.